The first-order chi connectivity index (χ1) is 8.09. The van der Waals surface area contributed by atoms with E-state index in [4.69, 9.17) is 5.73 Å². The van der Waals surface area contributed by atoms with Crippen molar-refractivity contribution in [3.63, 3.8) is 0 Å². The number of halogens is 1. The number of hydrogen-bond acceptors (Lipinski definition) is 2. The van der Waals surface area contributed by atoms with Crippen LogP contribution in [0.2, 0.25) is 0 Å². The van der Waals surface area contributed by atoms with Crippen molar-refractivity contribution in [2.75, 3.05) is 0 Å². The molecule has 2 fully saturated rings. The second kappa shape index (κ2) is 4.09. The molecule has 1 heterocycles. The molecule has 0 saturated heterocycles. The fourth-order valence-corrected chi connectivity index (χ4v) is 4.27. The molecular formula is C13H20BrN3. The van der Waals surface area contributed by atoms with Gasteiger partial charge in [-0.3, -0.25) is 4.68 Å². The molecule has 0 spiro atoms. The molecule has 3 rings (SSSR count). The van der Waals surface area contributed by atoms with Gasteiger partial charge < -0.3 is 5.73 Å². The SMILES string of the molecule is Cc1nn(C)c(CC(N)C2C3CCCC32)c1Br. The molecule has 2 aliphatic carbocycles. The predicted molar refractivity (Wildman–Crippen MR) is 71.6 cm³/mol. The first-order valence-electron chi connectivity index (χ1n) is 6.53. The summed E-state index contributed by atoms with van der Waals surface area (Å²) in [7, 11) is 2.01. The minimum atomic E-state index is 0.316. The van der Waals surface area contributed by atoms with Gasteiger partial charge in [0.25, 0.3) is 0 Å². The van der Waals surface area contributed by atoms with E-state index in [0.29, 0.717) is 6.04 Å². The van der Waals surface area contributed by atoms with Crippen LogP contribution in [0.3, 0.4) is 0 Å². The van der Waals surface area contributed by atoms with Crippen molar-refractivity contribution < 1.29 is 0 Å². The van der Waals surface area contributed by atoms with E-state index in [1.807, 2.05) is 18.7 Å². The average molecular weight is 298 g/mol. The van der Waals surface area contributed by atoms with Crippen molar-refractivity contribution in [2.45, 2.75) is 38.6 Å². The summed E-state index contributed by atoms with van der Waals surface area (Å²) in [5.41, 5.74) is 8.70. The molecule has 1 aromatic rings. The van der Waals surface area contributed by atoms with E-state index >= 15 is 0 Å². The Morgan fingerprint density at radius 1 is 1.47 bits per heavy atom. The van der Waals surface area contributed by atoms with Crippen LogP contribution in [0.1, 0.15) is 30.7 Å². The summed E-state index contributed by atoms with van der Waals surface area (Å²) in [4.78, 5) is 0. The van der Waals surface area contributed by atoms with Crippen molar-refractivity contribution in [2.24, 2.45) is 30.5 Å². The first kappa shape index (κ1) is 11.7. The summed E-state index contributed by atoms with van der Waals surface area (Å²) in [5, 5.41) is 4.43. The van der Waals surface area contributed by atoms with Crippen molar-refractivity contribution in [1.82, 2.24) is 9.78 Å². The third kappa shape index (κ3) is 1.85. The Kier molecular flexibility index (Phi) is 2.82. The van der Waals surface area contributed by atoms with Crippen LogP contribution in [0, 0.1) is 24.7 Å². The molecule has 0 amide bonds. The van der Waals surface area contributed by atoms with Crippen LogP contribution in [0.15, 0.2) is 4.47 Å². The molecule has 0 radical (unpaired) electrons. The molecule has 3 nitrogen and oxygen atoms in total. The third-order valence-corrected chi connectivity index (χ3v) is 5.69. The lowest BCUT2D eigenvalue weighted by Crippen LogP contribution is -2.28. The Morgan fingerprint density at radius 3 is 2.65 bits per heavy atom. The topological polar surface area (TPSA) is 43.8 Å². The molecule has 2 saturated carbocycles. The van der Waals surface area contributed by atoms with Crippen LogP contribution in [0.4, 0.5) is 0 Å². The van der Waals surface area contributed by atoms with Gasteiger partial charge >= 0.3 is 0 Å². The molecule has 3 unspecified atom stereocenters. The van der Waals surface area contributed by atoms with Crippen LogP contribution in [0.5, 0.6) is 0 Å². The molecule has 4 heteroatoms. The Labute approximate surface area is 111 Å². The number of aromatic nitrogens is 2. The fraction of sp³-hybridized carbons (Fsp3) is 0.769. The number of aryl methyl sites for hydroxylation is 2. The van der Waals surface area contributed by atoms with Gasteiger partial charge in [0.05, 0.1) is 15.9 Å². The summed E-state index contributed by atoms with van der Waals surface area (Å²) in [6.45, 7) is 2.03. The summed E-state index contributed by atoms with van der Waals surface area (Å²) >= 11 is 3.62. The van der Waals surface area contributed by atoms with E-state index in [0.717, 1.165) is 34.3 Å². The zero-order valence-corrected chi connectivity index (χ0v) is 12.1. The highest BCUT2D eigenvalue weighted by Gasteiger charge is 2.54. The largest absolute Gasteiger partial charge is 0.327 e. The van der Waals surface area contributed by atoms with E-state index in [9.17, 15) is 0 Å². The lowest BCUT2D eigenvalue weighted by molar-refractivity contribution is 0.473. The van der Waals surface area contributed by atoms with Crippen LogP contribution in [-0.2, 0) is 13.5 Å². The van der Waals surface area contributed by atoms with E-state index in [1.54, 1.807) is 0 Å². The number of hydrogen-bond donors (Lipinski definition) is 1. The van der Waals surface area contributed by atoms with Gasteiger partial charge in [-0.05, 0) is 53.4 Å². The zero-order chi connectivity index (χ0) is 12.2. The van der Waals surface area contributed by atoms with Gasteiger partial charge in [-0.2, -0.15) is 5.10 Å². The summed E-state index contributed by atoms with van der Waals surface area (Å²) in [6.07, 6.45) is 5.20. The second-order valence-electron chi connectivity index (χ2n) is 5.67. The van der Waals surface area contributed by atoms with Gasteiger partial charge in [-0.25, -0.2) is 0 Å². The predicted octanol–water partition coefficient (Wildman–Crippen LogP) is 2.41. The third-order valence-electron chi connectivity index (χ3n) is 4.66. The fourth-order valence-electron chi connectivity index (χ4n) is 3.77. The van der Waals surface area contributed by atoms with Gasteiger partial charge in [0.15, 0.2) is 0 Å². The molecule has 94 valence electrons. The molecule has 0 aliphatic heterocycles. The molecular weight excluding hydrogens is 278 g/mol. The average Bonchev–Trinajstić information content (AvgIpc) is 2.66. The monoisotopic (exact) mass is 297 g/mol. The van der Waals surface area contributed by atoms with Crippen LogP contribution >= 0.6 is 15.9 Å². The standard InChI is InChI=1S/C13H20BrN3/c1-7-13(14)11(17(2)16-7)6-10(15)12-8-4-3-5-9(8)12/h8-10,12H,3-6,15H2,1-2H3. The molecule has 0 bridgehead atoms. The number of fused-ring (bicyclic) bond motifs is 1. The number of nitrogens with two attached hydrogens (primary N) is 1. The Balaban J connectivity index is 1.70. The zero-order valence-electron chi connectivity index (χ0n) is 10.5. The normalized spacial score (nSPS) is 32.6. The highest BCUT2D eigenvalue weighted by Crippen LogP contribution is 2.58. The van der Waals surface area contributed by atoms with Gasteiger partial charge in [0.2, 0.25) is 0 Å². The maximum atomic E-state index is 6.39. The van der Waals surface area contributed by atoms with E-state index in [2.05, 4.69) is 21.0 Å². The van der Waals surface area contributed by atoms with Crippen LogP contribution in [0.25, 0.3) is 0 Å². The lowest BCUT2D eigenvalue weighted by Gasteiger charge is -2.14. The van der Waals surface area contributed by atoms with Gasteiger partial charge in [-0.1, -0.05) is 6.42 Å². The maximum Gasteiger partial charge on any atom is 0.0738 e. The number of rotatable bonds is 3. The Morgan fingerprint density at radius 2 is 2.12 bits per heavy atom. The van der Waals surface area contributed by atoms with E-state index in [1.165, 1.54) is 25.0 Å². The molecule has 2 N–H and O–H groups in total. The quantitative estimate of drug-likeness (QED) is 0.931. The molecule has 3 atom stereocenters. The molecule has 0 aromatic carbocycles. The van der Waals surface area contributed by atoms with Gasteiger partial charge in [0, 0.05) is 19.5 Å². The minimum Gasteiger partial charge on any atom is -0.327 e. The van der Waals surface area contributed by atoms with Crippen molar-refractivity contribution in [3.8, 4) is 0 Å². The maximum absolute atomic E-state index is 6.39. The van der Waals surface area contributed by atoms with Crippen molar-refractivity contribution >= 4 is 15.9 Å². The Hall–Kier alpha value is -0.350. The van der Waals surface area contributed by atoms with Gasteiger partial charge in [-0.15, -0.1) is 0 Å². The minimum absolute atomic E-state index is 0.316. The molecule has 17 heavy (non-hydrogen) atoms. The summed E-state index contributed by atoms with van der Waals surface area (Å²) in [5.74, 6) is 2.67. The second-order valence-corrected chi connectivity index (χ2v) is 6.47. The lowest BCUT2D eigenvalue weighted by atomic mass is 10.0. The van der Waals surface area contributed by atoms with Crippen molar-refractivity contribution in [1.29, 1.82) is 0 Å². The van der Waals surface area contributed by atoms with Gasteiger partial charge in [0.1, 0.15) is 0 Å². The molecule has 1 aromatic heterocycles. The van der Waals surface area contributed by atoms with Crippen molar-refractivity contribution in [3.05, 3.63) is 15.9 Å². The summed E-state index contributed by atoms with van der Waals surface area (Å²) < 4.78 is 3.11. The molecule has 2 aliphatic rings. The van der Waals surface area contributed by atoms with Crippen LogP contribution in [-0.4, -0.2) is 15.8 Å². The van der Waals surface area contributed by atoms with E-state index < -0.39 is 0 Å². The highest BCUT2D eigenvalue weighted by molar-refractivity contribution is 9.10. The first-order valence-corrected chi connectivity index (χ1v) is 7.32. The number of nitrogens with zero attached hydrogens (tertiary/aromatic N) is 2. The Bertz CT molecular complexity index is 430. The smallest absolute Gasteiger partial charge is 0.0738 e. The summed E-state index contributed by atoms with van der Waals surface area (Å²) in [6, 6.07) is 0.316. The van der Waals surface area contributed by atoms with Crippen LogP contribution < -0.4 is 5.73 Å². The van der Waals surface area contributed by atoms with E-state index in [-0.39, 0.29) is 0 Å². The highest BCUT2D eigenvalue weighted by atomic mass is 79.9.